The predicted molar refractivity (Wildman–Crippen MR) is 323 cm³/mol. The Kier molecular flexibility index (Phi) is 10.6. The molecule has 0 N–H and O–H groups in total. The third-order valence-corrected chi connectivity index (χ3v) is 17.9. The summed E-state index contributed by atoms with van der Waals surface area (Å²) in [7, 11) is -0.972. The maximum atomic E-state index is 7.50. The van der Waals surface area contributed by atoms with Crippen LogP contribution in [-0.4, -0.2) is 18.8 Å². The molecule has 1 aromatic heterocycles. The van der Waals surface area contributed by atoms with Gasteiger partial charge in [0.25, 0.3) is 0 Å². The number of benzene rings is 10. The Bertz CT molecular complexity index is 3940. The first kappa shape index (κ1) is 47.0. The van der Waals surface area contributed by atoms with E-state index >= 15 is 0 Å². The van der Waals surface area contributed by atoms with Crippen LogP contribution in [0.25, 0.3) is 55.0 Å². The van der Waals surface area contributed by atoms with E-state index in [4.69, 9.17) is 4.42 Å². The third-order valence-electron chi connectivity index (χ3n) is 16.2. The van der Waals surface area contributed by atoms with Gasteiger partial charge in [-0.15, -0.1) is 0 Å². The second-order valence-corrected chi connectivity index (χ2v) is 27.9. The van der Waals surface area contributed by atoms with Crippen LogP contribution in [0.4, 0.5) is 34.1 Å². The smallest absolute Gasteiger partial charge is 0.145 e. The molecule has 2 aliphatic rings. The van der Waals surface area contributed by atoms with Crippen molar-refractivity contribution in [3.63, 3.8) is 0 Å². The Morgan fingerprint density at radius 1 is 0.413 bits per heavy atom. The highest BCUT2D eigenvalue weighted by molar-refractivity contribution is 8.32. The summed E-state index contributed by atoms with van der Waals surface area (Å²) in [5.74, 6) is 0. The molecule has 75 heavy (non-hydrogen) atoms. The molecule has 4 heteroatoms. The summed E-state index contributed by atoms with van der Waals surface area (Å²) < 4.78 is 7.50. The van der Waals surface area contributed by atoms with E-state index in [9.17, 15) is 0 Å². The minimum atomic E-state index is -0.972. The van der Waals surface area contributed by atoms with E-state index in [1.165, 1.54) is 71.3 Å². The standard InChI is InChI=1S/C71H64N2OS/c1-45-27-33-48(34-28-45)72(49-35-29-46(30-36-49)69(2,3)4)62-43-60-65(56-22-12-11-21-55(56)62)67-61(71(60)58-24-16-13-19-53(58)54-20-14-17-25-59(54)71)44-63(66-57-23-15-18-26-64(57)74-68(66)67)73(50-37-31-47(32-38-50)70(5,6)7)51-39-41-52(42-40-51)75(8,9)10/h11-44H,1-10H3. The van der Waals surface area contributed by atoms with Gasteiger partial charge in [-0.05, 0) is 176 Å². The highest BCUT2D eigenvalue weighted by Crippen LogP contribution is 2.67. The summed E-state index contributed by atoms with van der Waals surface area (Å²) in [6.07, 6.45) is 7.12. The van der Waals surface area contributed by atoms with Crippen LogP contribution in [0.1, 0.15) is 80.5 Å². The summed E-state index contributed by atoms with van der Waals surface area (Å²) in [6, 6.07) is 78.2. The highest BCUT2D eigenvalue weighted by Gasteiger charge is 2.54. The molecule has 13 rings (SSSR count). The van der Waals surface area contributed by atoms with E-state index in [2.05, 4.69) is 283 Å². The number of hydrogen-bond donors (Lipinski definition) is 0. The van der Waals surface area contributed by atoms with Crippen molar-refractivity contribution >= 4 is 76.9 Å². The zero-order chi connectivity index (χ0) is 51.8. The number of nitrogens with zero attached hydrogens (tertiary/aromatic N) is 2. The SMILES string of the molecule is Cc1ccc(N(c2ccc(C(C)(C)C)cc2)c2cc3c(c4ccccc24)-c2c(cc(N(c4ccc(C(C)(C)C)cc4)c4ccc(S(C)(C)C)cc4)c4c2oc2ccccc24)C32c3ccccc3-c3ccccc32)cc1. The van der Waals surface area contributed by atoms with Gasteiger partial charge in [-0.2, -0.15) is 0 Å². The second kappa shape index (κ2) is 16.9. The Hall–Kier alpha value is -7.79. The highest BCUT2D eigenvalue weighted by atomic mass is 32.3. The average molecular weight is 993 g/mol. The number of aryl methyl sites for hydroxylation is 1. The van der Waals surface area contributed by atoms with Crippen LogP contribution in [-0.2, 0) is 16.2 Å². The molecule has 11 aromatic rings. The van der Waals surface area contributed by atoms with Crippen molar-refractivity contribution in [1.29, 1.82) is 0 Å². The van der Waals surface area contributed by atoms with Gasteiger partial charge in [0.2, 0.25) is 0 Å². The van der Waals surface area contributed by atoms with Crippen molar-refractivity contribution in [2.24, 2.45) is 0 Å². The molecular weight excluding hydrogens is 929 g/mol. The van der Waals surface area contributed by atoms with E-state index in [1.807, 2.05) is 0 Å². The van der Waals surface area contributed by atoms with Gasteiger partial charge >= 0.3 is 0 Å². The number of para-hydroxylation sites is 1. The van der Waals surface area contributed by atoms with E-state index in [-0.39, 0.29) is 10.8 Å². The maximum Gasteiger partial charge on any atom is 0.145 e. The molecule has 2 aliphatic carbocycles. The lowest BCUT2D eigenvalue weighted by Crippen LogP contribution is -2.26. The van der Waals surface area contributed by atoms with Crippen molar-refractivity contribution < 1.29 is 4.42 Å². The first-order chi connectivity index (χ1) is 36.0. The first-order valence-corrected chi connectivity index (χ1v) is 29.3. The molecule has 3 nitrogen and oxygen atoms in total. The zero-order valence-corrected chi connectivity index (χ0v) is 45.7. The molecule has 0 atom stereocenters. The van der Waals surface area contributed by atoms with Gasteiger partial charge in [0, 0.05) is 39.1 Å². The molecule has 370 valence electrons. The van der Waals surface area contributed by atoms with Crippen LogP contribution in [0.15, 0.2) is 216 Å². The number of rotatable bonds is 7. The number of hydrogen-bond acceptors (Lipinski definition) is 3. The Morgan fingerprint density at radius 2 is 0.840 bits per heavy atom. The molecule has 10 aromatic carbocycles. The van der Waals surface area contributed by atoms with Crippen LogP contribution in [0.3, 0.4) is 0 Å². The van der Waals surface area contributed by atoms with Crippen LogP contribution in [0, 0.1) is 6.92 Å². The molecule has 1 heterocycles. The molecule has 1 spiro atoms. The van der Waals surface area contributed by atoms with Gasteiger partial charge in [-0.3, -0.25) is 0 Å². The van der Waals surface area contributed by atoms with Gasteiger partial charge in [-0.25, -0.2) is 10.0 Å². The zero-order valence-electron chi connectivity index (χ0n) is 44.8. The van der Waals surface area contributed by atoms with Gasteiger partial charge < -0.3 is 14.2 Å². The van der Waals surface area contributed by atoms with Gasteiger partial charge in [0.15, 0.2) is 0 Å². The van der Waals surface area contributed by atoms with Gasteiger partial charge in [0.1, 0.15) is 11.2 Å². The predicted octanol–water partition coefficient (Wildman–Crippen LogP) is 20.0. The molecule has 0 fully saturated rings. The van der Waals surface area contributed by atoms with Crippen LogP contribution in [0.2, 0.25) is 0 Å². The fourth-order valence-electron chi connectivity index (χ4n) is 12.4. The Morgan fingerprint density at radius 3 is 1.37 bits per heavy atom. The van der Waals surface area contributed by atoms with Gasteiger partial charge in [0.05, 0.1) is 22.2 Å². The summed E-state index contributed by atoms with van der Waals surface area (Å²) in [6.45, 7) is 15.9. The van der Waals surface area contributed by atoms with Crippen LogP contribution >= 0.6 is 10.0 Å². The van der Waals surface area contributed by atoms with E-state index < -0.39 is 15.4 Å². The van der Waals surface area contributed by atoms with E-state index in [1.54, 1.807) is 0 Å². The molecule has 0 radical (unpaired) electrons. The number of furan rings is 1. The Labute approximate surface area is 444 Å². The van der Waals surface area contributed by atoms with Crippen LogP contribution in [0.5, 0.6) is 0 Å². The lowest BCUT2D eigenvalue weighted by atomic mass is 9.70. The number of anilines is 6. The largest absolute Gasteiger partial charge is 0.455 e. The second-order valence-electron chi connectivity index (χ2n) is 23.8. The average Bonchev–Trinajstić information content (AvgIpc) is 4.12. The molecule has 0 saturated heterocycles. The summed E-state index contributed by atoms with van der Waals surface area (Å²) in [5.41, 5.74) is 21.5. The minimum Gasteiger partial charge on any atom is -0.455 e. The Balaban J connectivity index is 1.19. The maximum absolute atomic E-state index is 7.50. The molecule has 0 bridgehead atoms. The third kappa shape index (κ3) is 7.24. The van der Waals surface area contributed by atoms with Crippen molar-refractivity contribution in [3.8, 4) is 22.3 Å². The number of fused-ring (bicyclic) bond motifs is 16. The lowest BCUT2D eigenvalue weighted by molar-refractivity contribution is 0.590. The molecular formula is C71H64N2OS. The van der Waals surface area contributed by atoms with Crippen LogP contribution < -0.4 is 9.80 Å². The minimum absolute atomic E-state index is 0.00393. The van der Waals surface area contributed by atoms with Crippen molar-refractivity contribution in [2.75, 3.05) is 28.6 Å². The molecule has 0 amide bonds. The van der Waals surface area contributed by atoms with Crippen molar-refractivity contribution in [3.05, 3.63) is 245 Å². The first-order valence-electron chi connectivity index (χ1n) is 26.4. The monoisotopic (exact) mass is 992 g/mol. The summed E-state index contributed by atoms with van der Waals surface area (Å²) in [4.78, 5) is 6.38. The van der Waals surface area contributed by atoms with Gasteiger partial charge in [-0.1, -0.05) is 174 Å². The summed E-state index contributed by atoms with van der Waals surface area (Å²) >= 11 is 0. The fraction of sp³-hybridized carbons (Fsp3) is 0.183. The van der Waals surface area contributed by atoms with E-state index in [0.717, 1.165) is 61.6 Å². The van der Waals surface area contributed by atoms with E-state index in [0.29, 0.717) is 0 Å². The normalized spacial score (nSPS) is 13.8. The molecule has 0 aliphatic heterocycles. The molecule has 0 saturated carbocycles. The fourth-order valence-corrected chi connectivity index (χ4v) is 13.4. The van der Waals surface area contributed by atoms with Crippen molar-refractivity contribution in [2.45, 2.75) is 69.6 Å². The summed E-state index contributed by atoms with van der Waals surface area (Å²) in [5, 5.41) is 4.56. The lowest BCUT2D eigenvalue weighted by Gasteiger charge is -2.34. The quantitative estimate of drug-likeness (QED) is 0.159. The van der Waals surface area contributed by atoms with Crippen molar-refractivity contribution in [1.82, 2.24) is 0 Å². The topological polar surface area (TPSA) is 19.6 Å². The molecule has 0 unspecified atom stereocenters.